The van der Waals surface area contributed by atoms with Gasteiger partial charge in [0.25, 0.3) is 0 Å². The molecule has 3 atom stereocenters. The topological polar surface area (TPSA) is 100 Å². The van der Waals surface area contributed by atoms with Crippen molar-refractivity contribution in [3.63, 3.8) is 0 Å². The van der Waals surface area contributed by atoms with E-state index in [0.29, 0.717) is 34.3 Å². The van der Waals surface area contributed by atoms with Crippen LogP contribution in [0.15, 0.2) is 42.6 Å². The highest BCUT2D eigenvalue weighted by Gasteiger charge is 2.45. The molecule has 3 unspecified atom stereocenters. The quantitative estimate of drug-likeness (QED) is 0.196. The van der Waals surface area contributed by atoms with Crippen LogP contribution in [0, 0.1) is 16.7 Å². The Morgan fingerprint density at radius 1 is 0.974 bits per heavy atom. The van der Waals surface area contributed by atoms with Crippen molar-refractivity contribution in [1.29, 1.82) is 10.8 Å². The molecule has 0 amide bonds. The molecule has 0 radical (unpaired) electrons. The molecule has 0 spiro atoms. The maximum absolute atomic E-state index is 9.04. The highest BCUT2D eigenvalue weighted by atomic mass is 28.4. The van der Waals surface area contributed by atoms with E-state index in [1.807, 2.05) is 18.2 Å². The number of rotatable bonds is 8. The van der Waals surface area contributed by atoms with Crippen LogP contribution in [0.5, 0.6) is 5.75 Å². The van der Waals surface area contributed by atoms with Crippen LogP contribution < -0.4 is 16.0 Å². The van der Waals surface area contributed by atoms with Crippen molar-refractivity contribution >= 4 is 14.3 Å². The number of ether oxygens (including phenoxy) is 1. The summed E-state index contributed by atoms with van der Waals surface area (Å²) in [6.07, 6.45) is 5.59. The van der Waals surface area contributed by atoms with E-state index < -0.39 is 8.32 Å². The maximum atomic E-state index is 9.04. The van der Waals surface area contributed by atoms with Crippen LogP contribution in [0.1, 0.15) is 90.5 Å². The Kier molecular flexibility index (Phi) is 9.39. The Balaban J connectivity index is 1.46. The van der Waals surface area contributed by atoms with Gasteiger partial charge in [-0.05, 0) is 71.5 Å². The summed E-state index contributed by atoms with van der Waals surface area (Å²) in [7, 11) is -1.92. The molecule has 0 bridgehead atoms. The third-order valence-corrected chi connectivity index (χ3v) is 15.1. The van der Waals surface area contributed by atoms with Crippen LogP contribution >= 0.6 is 0 Å². The molecule has 1 fully saturated rings. The number of piperidine rings is 1. The molecule has 2 heterocycles. The SMILES string of the molecule is CC(C)[Si](OCC1CCCN(C(=N)n2cc(OC3CCC(N)c4ccccc43)ccc2=N)C1)(C(C)C)C(C)C. The van der Waals surface area contributed by atoms with Gasteiger partial charge in [-0.15, -0.1) is 0 Å². The molecule has 8 heteroatoms. The minimum Gasteiger partial charge on any atom is -0.484 e. The van der Waals surface area contributed by atoms with Crippen molar-refractivity contribution in [2.24, 2.45) is 11.7 Å². The molecular weight excluding hydrogens is 502 g/mol. The average molecular weight is 552 g/mol. The first-order valence-corrected chi connectivity index (χ1v) is 16.9. The number of aromatic nitrogens is 1. The number of likely N-dealkylation sites (tertiary alicyclic amines) is 1. The Bertz CT molecular complexity index is 1170. The number of benzene rings is 1. The summed E-state index contributed by atoms with van der Waals surface area (Å²) in [4.78, 5) is 2.11. The minimum absolute atomic E-state index is 0.0419. The van der Waals surface area contributed by atoms with Crippen LogP contribution in [-0.2, 0) is 4.43 Å². The zero-order chi connectivity index (χ0) is 28.3. The van der Waals surface area contributed by atoms with Gasteiger partial charge < -0.3 is 19.8 Å². The van der Waals surface area contributed by atoms with Gasteiger partial charge in [0.2, 0.25) is 5.96 Å². The van der Waals surface area contributed by atoms with Crippen LogP contribution in [0.2, 0.25) is 16.6 Å². The van der Waals surface area contributed by atoms with Crippen molar-refractivity contribution in [3.8, 4) is 5.75 Å². The molecule has 0 saturated carbocycles. The van der Waals surface area contributed by atoms with E-state index in [9.17, 15) is 0 Å². The van der Waals surface area contributed by atoms with Crippen molar-refractivity contribution in [3.05, 3.63) is 59.2 Å². The number of hydrogen-bond acceptors (Lipinski definition) is 5. The number of pyridine rings is 1. The summed E-state index contributed by atoms with van der Waals surface area (Å²) in [5.74, 6) is 1.39. The first-order chi connectivity index (χ1) is 18.5. The Labute approximate surface area is 235 Å². The standard InChI is InChI=1S/C31H49N5O2Si/c1-21(2)39(22(3)4,23(5)6)37-20-24-10-9-17-35(18-24)31(34)36-19-25(13-16-30(36)33)38-29-15-14-28(32)26-11-7-8-12-27(26)29/h7-8,11-13,16,19,21-24,28-29,33-34H,9-10,14-15,17-18,20,32H2,1-6H3. The Morgan fingerprint density at radius 3 is 2.31 bits per heavy atom. The van der Waals surface area contributed by atoms with Crippen molar-refractivity contribution in [2.45, 2.75) is 96.0 Å². The van der Waals surface area contributed by atoms with E-state index in [1.54, 1.807) is 16.8 Å². The number of nitrogens with two attached hydrogens (primary N) is 1. The summed E-state index contributed by atoms with van der Waals surface area (Å²) in [6.45, 7) is 16.3. The van der Waals surface area contributed by atoms with E-state index in [2.05, 4.69) is 58.6 Å². The highest BCUT2D eigenvalue weighted by Crippen LogP contribution is 2.43. The summed E-state index contributed by atoms with van der Waals surface area (Å²) in [5, 5.41) is 17.6. The van der Waals surface area contributed by atoms with Crippen LogP contribution in [0.3, 0.4) is 0 Å². The normalized spacial score (nSPS) is 21.9. The van der Waals surface area contributed by atoms with Crippen LogP contribution in [-0.4, -0.2) is 43.4 Å². The predicted molar refractivity (Wildman–Crippen MR) is 161 cm³/mol. The van der Waals surface area contributed by atoms with Crippen molar-refractivity contribution < 1.29 is 9.16 Å². The van der Waals surface area contributed by atoms with E-state index in [1.165, 1.54) is 0 Å². The number of nitrogens with zero attached hydrogens (tertiary/aromatic N) is 2. The molecule has 1 aromatic carbocycles. The smallest absolute Gasteiger partial charge is 0.203 e. The van der Waals surface area contributed by atoms with Crippen LogP contribution in [0.4, 0.5) is 0 Å². The van der Waals surface area contributed by atoms with Gasteiger partial charge in [-0.1, -0.05) is 65.8 Å². The van der Waals surface area contributed by atoms with E-state index in [-0.39, 0.29) is 17.6 Å². The lowest BCUT2D eigenvalue weighted by Gasteiger charge is -2.44. The third-order valence-electron chi connectivity index (χ3n) is 9.00. The average Bonchev–Trinajstić information content (AvgIpc) is 2.91. The second-order valence-corrected chi connectivity index (χ2v) is 17.9. The summed E-state index contributed by atoms with van der Waals surface area (Å²) in [6, 6.07) is 11.8. The zero-order valence-corrected chi connectivity index (χ0v) is 25.7. The number of hydrogen-bond donors (Lipinski definition) is 3. The third kappa shape index (κ3) is 6.18. The molecule has 7 nitrogen and oxygen atoms in total. The summed E-state index contributed by atoms with van der Waals surface area (Å²) >= 11 is 0. The summed E-state index contributed by atoms with van der Waals surface area (Å²) < 4.78 is 15.0. The second kappa shape index (κ2) is 12.4. The van der Waals surface area contributed by atoms with E-state index in [0.717, 1.165) is 56.5 Å². The van der Waals surface area contributed by atoms with E-state index in [4.69, 9.17) is 25.7 Å². The minimum atomic E-state index is -1.92. The van der Waals surface area contributed by atoms with Crippen molar-refractivity contribution in [2.75, 3.05) is 19.7 Å². The largest absolute Gasteiger partial charge is 0.484 e. The van der Waals surface area contributed by atoms with Gasteiger partial charge in [0.05, 0.1) is 6.20 Å². The van der Waals surface area contributed by atoms with Gasteiger partial charge in [0.15, 0.2) is 8.32 Å². The highest BCUT2D eigenvalue weighted by molar-refractivity contribution is 6.77. The molecule has 4 N–H and O–H groups in total. The molecule has 4 rings (SSSR count). The first kappa shape index (κ1) is 29.6. The van der Waals surface area contributed by atoms with Crippen molar-refractivity contribution in [1.82, 2.24) is 9.47 Å². The monoisotopic (exact) mass is 551 g/mol. The maximum Gasteiger partial charge on any atom is 0.203 e. The van der Waals surface area contributed by atoms with E-state index >= 15 is 0 Å². The lowest BCUT2D eigenvalue weighted by atomic mass is 9.86. The zero-order valence-electron chi connectivity index (χ0n) is 24.7. The fourth-order valence-corrected chi connectivity index (χ4v) is 12.6. The molecule has 1 aliphatic carbocycles. The van der Waals surface area contributed by atoms with Gasteiger partial charge in [-0.25, -0.2) is 0 Å². The summed E-state index contributed by atoms with van der Waals surface area (Å²) in [5.41, 5.74) is 10.6. The Morgan fingerprint density at radius 2 is 1.64 bits per heavy atom. The molecule has 1 saturated heterocycles. The molecule has 214 valence electrons. The predicted octanol–water partition coefficient (Wildman–Crippen LogP) is 6.57. The number of fused-ring (bicyclic) bond motifs is 1. The molecular formula is C31H49N5O2Si. The lowest BCUT2D eigenvalue weighted by molar-refractivity contribution is 0.157. The Hall–Kier alpha value is -2.42. The first-order valence-electron chi connectivity index (χ1n) is 14.8. The molecule has 1 aromatic heterocycles. The second-order valence-electron chi connectivity index (χ2n) is 12.4. The van der Waals surface area contributed by atoms with Crippen LogP contribution in [0.25, 0.3) is 0 Å². The van der Waals surface area contributed by atoms with Gasteiger partial charge in [-0.3, -0.25) is 15.4 Å². The molecule has 39 heavy (non-hydrogen) atoms. The van der Waals surface area contributed by atoms with Gasteiger partial charge in [-0.2, -0.15) is 0 Å². The lowest BCUT2D eigenvalue weighted by Crippen LogP contribution is -2.50. The fraction of sp³-hybridized carbons (Fsp3) is 0.613. The molecule has 2 aliphatic rings. The van der Waals surface area contributed by atoms with Gasteiger partial charge in [0.1, 0.15) is 17.3 Å². The van der Waals surface area contributed by atoms with Gasteiger partial charge in [0, 0.05) is 25.7 Å². The molecule has 1 aliphatic heterocycles. The molecule has 2 aromatic rings. The number of nitrogens with one attached hydrogen (secondary N) is 2. The van der Waals surface area contributed by atoms with Gasteiger partial charge >= 0.3 is 0 Å². The fourth-order valence-electron chi connectivity index (χ4n) is 7.10.